The lowest BCUT2D eigenvalue weighted by Gasteiger charge is -2.26. The standard InChI is InChI=1S/C71H115NO8/c1-6-8-10-12-14-16-18-20-22-23-24-25-26-27-28-29-30-31-32-33-34-35-36-37-38-39-40-41-42-43-44-45-46-47-48-50-52-54-56-58-60-62-69(74)80-67(66-79-71(70(75)76)77-64-63-72(3,4)5)65-78-68(73)61-59-57-55-53-51-49-21-19-17-15-13-11-9-7-2/h8,10,13-16,19-22,24-25,27-28,30-31,33-34,36-37,39-40,42-43,67,71H,6-7,9,11-12,17-18,23,26,29,32,35,38,41,44-66H2,1-5H3/b10-8-,15-13-,16-14-,21-19-,22-20-,25-24-,28-27-,31-30-,34-33-,37-36-,40-39-,43-42-. The van der Waals surface area contributed by atoms with Crippen molar-refractivity contribution >= 4 is 17.9 Å². The summed E-state index contributed by atoms with van der Waals surface area (Å²) in [5.41, 5.74) is 0. The van der Waals surface area contributed by atoms with E-state index in [1.54, 1.807) is 0 Å². The molecule has 452 valence electrons. The number of likely N-dealkylation sites (N-methyl/N-ethyl adjacent to an activating group) is 1. The van der Waals surface area contributed by atoms with Crippen LogP contribution in [0.4, 0.5) is 0 Å². The van der Waals surface area contributed by atoms with E-state index >= 15 is 0 Å². The number of aliphatic carboxylic acids is 1. The molecule has 0 aliphatic carbocycles. The summed E-state index contributed by atoms with van der Waals surface area (Å²) >= 11 is 0. The average Bonchev–Trinajstić information content (AvgIpc) is 3.43. The maximum atomic E-state index is 12.9. The van der Waals surface area contributed by atoms with E-state index in [4.69, 9.17) is 18.9 Å². The fourth-order valence-electron chi connectivity index (χ4n) is 7.99. The van der Waals surface area contributed by atoms with E-state index in [0.717, 1.165) is 141 Å². The molecule has 0 saturated heterocycles. The van der Waals surface area contributed by atoms with Crippen molar-refractivity contribution in [3.63, 3.8) is 0 Å². The van der Waals surface area contributed by atoms with Gasteiger partial charge in [-0.1, -0.05) is 243 Å². The number of hydrogen-bond donors (Lipinski definition) is 0. The third kappa shape index (κ3) is 60.8. The van der Waals surface area contributed by atoms with Crippen LogP contribution in [0.2, 0.25) is 0 Å². The molecule has 0 N–H and O–H groups in total. The van der Waals surface area contributed by atoms with Crippen LogP contribution in [0, 0.1) is 0 Å². The third-order valence-electron chi connectivity index (χ3n) is 12.8. The van der Waals surface area contributed by atoms with Crippen LogP contribution in [0.1, 0.15) is 226 Å². The van der Waals surface area contributed by atoms with Gasteiger partial charge in [0.05, 0.1) is 40.3 Å². The molecule has 2 unspecified atom stereocenters. The van der Waals surface area contributed by atoms with Crippen LogP contribution in [0.25, 0.3) is 0 Å². The number of carboxylic acids is 1. The van der Waals surface area contributed by atoms with Crippen molar-refractivity contribution in [2.24, 2.45) is 0 Å². The van der Waals surface area contributed by atoms with Crippen LogP contribution in [-0.2, 0) is 33.3 Å². The van der Waals surface area contributed by atoms with E-state index in [0.29, 0.717) is 17.4 Å². The lowest BCUT2D eigenvalue weighted by Crippen LogP contribution is -2.44. The van der Waals surface area contributed by atoms with Gasteiger partial charge in [0, 0.05) is 12.8 Å². The third-order valence-corrected chi connectivity index (χ3v) is 12.8. The number of allylic oxidation sites excluding steroid dienone is 24. The molecule has 80 heavy (non-hydrogen) atoms. The molecule has 0 aromatic heterocycles. The second-order valence-electron chi connectivity index (χ2n) is 21.6. The number of carbonyl (C=O) groups is 3. The van der Waals surface area contributed by atoms with E-state index in [1.807, 2.05) is 21.1 Å². The summed E-state index contributed by atoms with van der Waals surface area (Å²) in [5, 5.41) is 11.8. The number of esters is 2. The number of carboxylic acid groups (broad SMARTS) is 1. The van der Waals surface area contributed by atoms with Gasteiger partial charge in [0.25, 0.3) is 0 Å². The lowest BCUT2D eigenvalue weighted by molar-refractivity contribution is -0.870. The highest BCUT2D eigenvalue weighted by molar-refractivity contribution is 5.70. The van der Waals surface area contributed by atoms with E-state index < -0.39 is 24.3 Å². The second kappa shape index (κ2) is 60.3. The Labute approximate surface area is 490 Å². The molecule has 0 aliphatic rings. The summed E-state index contributed by atoms with van der Waals surface area (Å²) in [7, 11) is 5.90. The van der Waals surface area contributed by atoms with Gasteiger partial charge in [0.15, 0.2) is 12.4 Å². The first-order valence-corrected chi connectivity index (χ1v) is 31.5. The summed E-state index contributed by atoms with van der Waals surface area (Å²) in [5.74, 6) is -2.32. The molecule has 0 rings (SSSR count). The first kappa shape index (κ1) is 75.2. The first-order chi connectivity index (χ1) is 39.1. The second-order valence-corrected chi connectivity index (χ2v) is 21.6. The molecule has 0 radical (unpaired) electrons. The minimum absolute atomic E-state index is 0.138. The molecule has 0 heterocycles. The fraction of sp³-hybridized carbons (Fsp3) is 0.620. The van der Waals surface area contributed by atoms with Crippen LogP contribution in [0.15, 0.2) is 146 Å². The first-order valence-electron chi connectivity index (χ1n) is 31.5. The molecule has 2 atom stereocenters. The van der Waals surface area contributed by atoms with Crippen molar-refractivity contribution in [3.05, 3.63) is 146 Å². The summed E-state index contributed by atoms with van der Waals surface area (Å²) in [4.78, 5) is 37.3. The zero-order valence-corrected chi connectivity index (χ0v) is 51.4. The molecule has 0 fully saturated rings. The summed E-state index contributed by atoms with van der Waals surface area (Å²) in [6.07, 6.45) is 84.8. The Kier molecular flexibility index (Phi) is 56.6. The van der Waals surface area contributed by atoms with Crippen molar-refractivity contribution in [1.29, 1.82) is 0 Å². The average molecular weight is 1110 g/mol. The van der Waals surface area contributed by atoms with Gasteiger partial charge in [-0.2, -0.15) is 0 Å². The highest BCUT2D eigenvalue weighted by atomic mass is 16.7. The van der Waals surface area contributed by atoms with Crippen LogP contribution in [-0.4, -0.2) is 82.3 Å². The Morgan fingerprint density at radius 1 is 0.388 bits per heavy atom. The summed E-state index contributed by atoms with van der Waals surface area (Å²) in [6, 6.07) is 0. The van der Waals surface area contributed by atoms with Gasteiger partial charge in [-0.15, -0.1) is 0 Å². The van der Waals surface area contributed by atoms with Crippen molar-refractivity contribution in [2.45, 2.75) is 238 Å². The minimum Gasteiger partial charge on any atom is -0.545 e. The lowest BCUT2D eigenvalue weighted by atomic mass is 10.0. The van der Waals surface area contributed by atoms with E-state index in [2.05, 4.69) is 160 Å². The van der Waals surface area contributed by atoms with Gasteiger partial charge in [0.2, 0.25) is 0 Å². The van der Waals surface area contributed by atoms with Crippen LogP contribution in [0.5, 0.6) is 0 Å². The molecule has 0 bridgehead atoms. The van der Waals surface area contributed by atoms with Gasteiger partial charge >= 0.3 is 11.9 Å². The number of hydrogen-bond acceptors (Lipinski definition) is 8. The Morgan fingerprint density at radius 2 is 0.713 bits per heavy atom. The number of unbranched alkanes of at least 4 members (excludes halogenated alkanes) is 17. The molecule has 9 nitrogen and oxygen atoms in total. The maximum absolute atomic E-state index is 12.9. The van der Waals surface area contributed by atoms with E-state index in [-0.39, 0.29) is 38.6 Å². The highest BCUT2D eigenvalue weighted by Crippen LogP contribution is 2.15. The molecule has 0 amide bonds. The largest absolute Gasteiger partial charge is 0.545 e. The van der Waals surface area contributed by atoms with Crippen molar-refractivity contribution in [1.82, 2.24) is 0 Å². The van der Waals surface area contributed by atoms with Gasteiger partial charge in [-0.25, -0.2) is 0 Å². The Balaban J connectivity index is 4.14. The molecular formula is C71H115NO8. The molecule has 0 saturated carbocycles. The topological polar surface area (TPSA) is 111 Å². The SMILES string of the molecule is CC/C=C\C/C=C\C/C=C\C/C=C\C/C=C\C/C=C\C/C=C\C/C=C\C/C=C\C/C=C\CCCCCCCCCCCCC(=O)OC(COC(=O)CCCCCCC/C=C\C/C=C\CCCC)COC(OCC[N+](C)(C)C)C(=O)[O-]. The zero-order valence-electron chi connectivity index (χ0n) is 51.4. The molecule has 0 aromatic carbocycles. The molecule has 0 spiro atoms. The Hall–Kier alpha value is -4.83. The monoisotopic (exact) mass is 1110 g/mol. The Bertz CT molecular complexity index is 1820. The van der Waals surface area contributed by atoms with Gasteiger partial charge in [0.1, 0.15) is 13.2 Å². The Morgan fingerprint density at radius 3 is 1.06 bits per heavy atom. The predicted octanol–water partition coefficient (Wildman–Crippen LogP) is 17.8. The summed E-state index contributed by atoms with van der Waals surface area (Å²) < 4.78 is 22.7. The van der Waals surface area contributed by atoms with Crippen molar-refractivity contribution in [3.8, 4) is 0 Å². The predicted molar refractivity (Wildman–Crippen MR) is 338 cm³/mol. The van der Waals surface area contributed by atoms with Crippen molar-refractivity contribution < 1.29 is 42.9 Å². The number of ether oxygens (including phenoxy) is 4. The van der Waals surface area contributed by atoms with Crippen LogP contribution >= 0.6 is 0 Å². The quantitative estimate of drug-likeness (QED) is 0.0195. The van der Waals surface area contributed by atoms with Crippen molar-refractivity contribution in [2.75, 3.05) is 47.5 Å². The van der Waals surface area contributed by atoms with Crippen LogP contribution < -0.4 is 5.11 Å². The van der Waals surface area contributed by atoms with Gasteiger partial charge in [-0.05, 0) is 116 Å². The summed E-state index contributed by atoms with van der Waals surface area (Å²) in [6.45, 7) is 4.55. The molecule has 0 aliphatic heterocycles. The number of rotatable bonds is 56. The number of quaternary nitrogens is 1. The van der Waals surface area contributed by atoms with Crippen LogP contribution in [0.3, 0.4) is 0 Å². The molecular weight excluding hydrogens is 995 g/mol. The minimum atomic E-state index is -1.63. The smallest absolute Gasteiger partial charge is 0.306 e. The molecule has 0 aromatic rings. The maximum Gasteiger partial charge on any atom is 0.306 e. The highest BCUT2D eigenvalue weighted by Gasteiger charge is 2.22. The zero-order chi connectivity index (χ0) is 58.3. The van der Waals surface area contributed by atoms with E-state index in [9.17, 15) is 19.5 Å². The van der Waals surface area contributed by atoms with E-state index in [1.165, 1.54) is 51.4 Å². The number of carbonyl (C=O) groups excluding carboxylic acids is 3. The molecule has 9 heteroatoms. The number of nitrogens with zero attached hydrogens (tertiary/aromatic N) is 1. The fourth-order valence-corrected chi connectivity index (χ4v) is 7.99. The van der Waals surface area contributed by atoms with Gasteiger partial charge < -0.3 is 33.3 Å². The van der Waals surface area contributed by atoms with Gasteiger partial charge in [-0.3, -0.25) is 9.59 Å². The normalized spacial score (nSPS) is 13.8.